The van der Waals surface area contributed by atoms with E-state index in [1.54, 1.807) is 24.3 Å². The van der Waals surface area contributed by atoms with Gasteiger partial charge in [0.05, 0.1) is 4.90 Å². The molecule has 0 saturated heterocycles. The third kappa shape index (κ3) is 4.42. The summed E-state index contributed by atoms with van der Waals surface area (Å²) in [5.41, 5.74) is 3.57. The molecule has 30 heavy (non-hydrogen) atoms. The maximum Gasteiger partial charge on any atom is 1.00 e. The normalized spacial score (nSPS) is 11.2. The Morgan fingerprint density at radius 1 is 0.800 bits per heavy atom. The van der Waals surface area contributed by atoms with Crippen LogP contribution < -0.4 is 59.1 Å². The molecule has 0 aliphatic rings. The number of oxazole rings is 2. The van der Waals surface area contributed by atoms with Crippen LogP contribution in [0, 0.1) is 6.07 Å². The van der Waals surface area contributed by atoms with Gasteiger partial charge in [-0.2, -0.15) is 12.1 Å². The zero-order valence-corrected chi connectivity index (χ0v) is 20.9. The molecule has 10 heteroatoms. The Bertz CT molecular complexity index is 1410. The number of nitrogens with zero attached hydrogens (tertiary/aromatic N) is 2. The van der Waals surface area contributed by atoms with Crippen LogP contribution in [0.15, 0.2) is 74.4 Å². The summed E-state index contributed by atoms with van der Waals surface area (Å²) < 4.78 is 44.9. The summed E-state index contributed by atoms with van der Waals surface area (Å²) in [6, 6.07) is 19.3. The first-order valence-electron chi connectivity index (χ1n) is 8.21. The van der Waals surface area contributed by atoms with Crippen molar-refractivity contribution in [2.75, 3.05) is 0 Å². The van der Waals surface area contributed by atoms with Gasteiger partial charge < -0.3 is 13.4 Å². The molecule has 3 aromatic carbocycles. The molecule has 2 aromatic heterocycles. The number of benzene rings is 3. The van der Waals surface area contributed by atoms with Crippen LogP contribution in [0.5, 0.6) is 0 Å². The summed E-state index contributed by atoms with van der Waals surface area (Å²) in [5.74, 6) is 0.804. The summed E-state index contributed by atoms with van der Waals surface area (Å²) in [6.07, 6.45) is 0. The van der Waals surface area contributed by atoms with E-state index in [0.717, 1.165) is 11.1 Å². The van der Waals surface area contributed by atoms with Crippen LogP contribution in [0.1, 0.15) is 0 Å². The van der Waals surface area contributed by atoms with Gasteiger partial charge in [-0.05, 0) is 42.5 Å². The second kappa shape index (κ2) is 8.94. The first-order chi connectivity index (χ1) is 13.5. The Hall–Kier alpha value is -1.49. The predicted octanol–water partition coefficient (Wildman–Crippen LogP) is -1.98. The summed E-state index contributed by atoms with van der Waals surface area (Å²) in [7, 11) is -4.55. The zero-order chi connectivity index (χ0) is 19.3. The monoisotopic (exact) mass is 436 g/mol. The molecule has 0 spiro atoms. The Labute approximate surface area is 215 Å². The molecule has 0 saturated carbocycles. The molecule has 5 aromatic rings. The van der Waals surface area contributed by atoms with E-state index in [4.69, 9.17) is 8.83 Å². The summed E-state index contributed by atoms with van der Waals surface area (Å²) in [4.78, 5) is 8.38. The Balaban J connectivity index is 0.00000128. The third-order valence-corrected chi connectivity index (χ3v) is 5.09. The molecule has 0 fully saturated rings. The van der Waals surface area contributed by atoms with Crippen LogP contribution in [-0.4, -0.2) is 22.9 Å². The van der Waals surface area contributed by atoms with E-state index in [1.165, 1.54) is 18.2 Å². The van der Waals surface area contributed by atoms with Crippen molar-refractivity contribution in [1.82, 2.24) is 9.97 Å². The molecular formula is C20H10N2Na2O5S. The van der Waals surface area contributed by atoms with Gasteiger partial charge in [-0.15, -0.1) is 12.1 Å². The average molecular weight is 436 g/mol. The number of fused-ring (bicyclic) bond motifs is 2. The van der Waals surface area contributed by atoms with Crippen LogP contribution in [0.2, 0.25) is 0 Å². The standard InChI is InChI=1S/C20H11N2O5S.2Na/c23-28(24,25)14-9-10-18-16(11-14)22-20(27-18)13-7-5-12(6-8-13)19-21-15-3-1-2-4-17(15)26-19;;/h1,3-11H,(H,23,24,25);;/q-1;2*+1/p-1. The second-order valence-electron chi connectivity index (χ2n) is 6.09. The summed E-state index contributed by atoms with van der Waals surface area (Å²) in [5, 5.41) is 0. The molecule has 5 rings (SSSR count). The minimum Gasteiger partial charge on any atom is -0.744 e. The first-order valence-corrected chi connectivity index (χ1v) is 9.62. The number of hydrogen-bond donors (Lipinski definition) is 0. The molecule has 0 amide bonds. The molecule has 0 aliphatic heterocycles. The van der Waals surface area contributed by atoms with Gasteiger partial charge in [-0.1, -0.05) is 0 Å². The number of hydrogen-bond acceptors (Lipinski definition) is 7. The Kier molecular flexibility index (Phi) is 6.91. The zero-order valence-electron chi connectivity index (χ0n) is 16.1. The maximum atomic E-state index is 11.2. The molecule has 7 nitrogen and oxygen atoms in total. The minimum absolute atomic E-state index is 0. The van der Waals surface area contributed by atoms with E-state index >= 15 is 0 Å². The fourth-order valence-electron chi connectivity index (χ4n) is 2.88. The SMILES string of the molecule is O=S(=O)([O-])c1ccc2oc(-c3ccc(-c4nc5cc[c-]cc5o4)cc3)nc2c1.[Na+].[Na+]. The van der Waals surface area contributed by atoms with E-state index in [2.05, 4.69) is 16.0 Å². The van der Waals surface area contributed by atoms with Crippen LogP contribution in [0.3, 0.4) is 0 Å². The number of rotatable bonds is 3. The van der Waals surface area contributed by atoms with Gasteiger partial charge in [-0.25, -0.2) is 18.4 Å². The van der Waals surface area contributed by atoms with Gasteiger partial charge >= 0.3 is 59.1 Å². The molecular weight excluding hydrogens is 426 g/mol. The van der Waals surface area contributed by atoms with Gasteiger partial charge in [0.15, 0.2) is 5.58 Å². The van der Waals surface area contributed by atoms with Gasteiger partial charge in [0, 0.05) is 22.2 Å². The van der Waals surface area contributed by atoms with E-state index < -0.39 is 10.1 Å². The van der Waals surface area contributed by atoms with Crippen molar-refractivity contribution in [1.29, 1.82) is 0 Å². The van der Waals surface area contributed by atoms with Crippen molar-refractivity contribution in [3.05, 3.63) is 66.7 Å². The van der Waals surface area contributed by atoms with Crippen LogP contribution in [0.4, 0.5) is 0 Å². The Morgan fingerprint density at radius 3 is 2.00 bits per heavy atom. The van der Waals surface area contributed by atoms with Crippen molar-refractivity contribution in [3.8, 4) is 22.9 Å². The molecule has 0 aliphatic carbocycles. The van der Waals surface area contributed by atoms with Crippen LogP contribution in [-0.2, 0) is 10.1 Å². The summed E-state index contributed by atoms with van der Waals surface area (Å²) >= 11 is 0. The molecule has 2 heterocycles. The molecule has 138 valence electrons. The molecule has 0 N–H and O–H groups in total. The van der Waals surface area contributed by atoms with Crippen molar-refractivity contribution in [2.24, 2.45) is 0 Å². The molecule has 0 unspecified atom stereocenters. The van der Waals surface area contributed by atoms with Gasteiger partial charge in [0.2, 0.25) is 11.8 Å². The van der Waals surface area contributed by atoms with E-state index in [0.29, 0.717) is 34.0 Å². The topological polar surface area (TPSA) is 109 Å². The smallest absolute Gasteiger partial charge is 0.744 e. The second-order valence-corrected chi connectivity index (χ2v) is 7.47. The van der Waals surface area contributed by atoms with E-state index in [1.807, 2.05) is 18.2 Å². The van der Waals surface area contributed by atoms with Crippen molar-refractivity contribution >= 4 is 32.3 Å². The summed E-state index contributed by atoms with van der Waals surface area (Å²) in [6.45, 7) is 0. The Morgan fingerprint density at radius 2 is 1.40 bits per heavy atom. The van der Waals surface area contributed by atoms with Gasteiger partial charge in [0.1, 0.15) is 15.6 Å². The average Bonchev–Trinajstić information content (AvgIpc) is 3.31. The maximum absolute atomic E-state index is 11.2. The third-order valence-electron chi connectivity index (χ3n) is 4.26. The van der Waals surface area contributed by atoms with Crippen LogP contribution in [0.25, 0.3) is 45.1 Å². The largest absolute Gasteiger partial charge is 1.00 e. The van der Waals surface area contributed by atoms with Crippen molar-refractivity contribution < 1.29 is 80.9 Å². The molecule has 0 atom stereocenters. The van der Waals surface area contributed by atoms with E-state index in [-0.39, 0.29) is 64.0 Å². The fourth-order valence-corrected chi connectivity index (χ4v) is 3.37. The molecule has 0 bridgehead atoms. The first kappa shape index (κ1) is 23.2. The van der Waals surface area contributed by atoms with E-state index in [9.17, 15) is 13.0 Å². The van der Waals surface area contributed by atoms with Crippen molar-refractivity contribution in [3.63, 3.8) is 0 Å². The predicted molar refractivity (Wildman–Crippen MR) is 99.2 cm³/mol. The van der Waals surface area contributed by atoms with Gasteiger partial charge in [-0.3, -0.25) is 0 Å². The fraction of sp³-hybridized carbons (Fsp3) is 0. The van der Waals surface area contributed by atoms with Crippen LogP contribution >= 0.6 is 0 Å². The van der Waals surface area contributed by atoms with Crippen molar-refractivity contribution in [2.45, 2.75) is 4.90 Å². The molecule has 0 radical (unpaired) electrons. The quantitative estimate of drug-likeness (QED) is 0.183. The number of aromatic nitrogens is 2. The van der Waals surface area contributed by atoms with Gasteiger partial charge in [0.25, 0.3) is 0 Å². The minimum atomic E-state index is -4.55.